The van der Waals surface area contributed by atoms with Gasteiger partial charge in [-0.25, -0.2) is 0 Å². The van der Waals surface area contributed by atoms with E-state index >= 15 is 0 Å². The summed E-state index contributed by atoms with van der Waals surface area (Å²) in [6.45, 7) is 1.05. The molecule has 1 heterocycles. The monoisotopic (exact) mass is 326 g/mol. The summed E-state index contributed by atoms with van der Waals surface area (Å²) in [7, 11) is -4.07. The van der Waals surface area contributed by atoms with E-state index in [0.29, 0.717) is 32.4 Å². The van der Waals surface area contributed by atoms with Crippen LogP contribution in [0.5, 0.6) is 0 Å². The molecule has 0 aromatic rings. The van der Waals surface area contributed by atoms with E-state index in [1.165, 1.54) is 0 Å². The highest BCUT2D eigenvalue weighted by atomic mass is 32.2. The van der Waals surface area contributed by atoms with Crippen LogP contribution in [0.15, 0.2) is 0 Å². The molecular weight excluding hydrogens is 300 g/mol. The Labute approximate surface area is 125 Å². The number of rotatable bonds is 9. The van der Waals surface area contributed by atoms with Gasteiger partial charge in [-0.2, -0.15) is 8.42 Å². The Bertz CT molecular complexity index is 395. The van der Waals surface area contributed by atoms with Gasteiger partial charge in [0.05, 0.1) is 5.75 Å². The molecule has 0 spiro atoms. The van der Waals surface area contributed by atoms with Gasteiger partial charge in [-0.1, -0.05) is 0 Å². The summed E-state index contributed by atoms with van der Waals surface area (Å²) in [4.78, 5) is 1.89. The van der Waals surface area contributed by atoms with Crippen LogP contribution in [0.25, 0.3) is 0 Å². The van der Waals surface area contributed by atoms with Crippen molar-refractivity contribution in [3.05, 3.63) is 0 Å². The minimum Gasteiger partial charge on any atom is -0.396 e. The van der Waals surface area contributed by atoms with Crippen molar-refractivity contribution in [1.82, 2.24) is 10.2 Å². The maximum atomic E-state index is 11.0. The Kier molecular flexibility index (Phi) is 7.48. The Morgan fingerprint density at radius 3 is 2.24 bits per heavy atom. The predicted molar refractivity (Wildman–Crippen MR) is 77.6 cm³/mol. The van der Waals surface area contributed by atoms with Crippen LogP contribution in [0.2, 0.25) is 0 Å². The summed E-state index contributed by atoms with van der Waals surface area (Å²) >= 11 is 0. The molecule has 21 heavy (non-hydrogen) atoms. The molecule has 1 atom stereocenters. The zero-order valence-electron chi connectivity index (χ0n) is 12.1. The summed E-state index contributed by atoms with van der Waals surface area (Å²) in [6, 6.07) is -0.156. The fourth-order valence-corrected chi connectivity index (χ4v) is 3.69. The largest absolute Gasteiger partial charge is 0.396 e. The molecule has 0 radical (unpaired) electrons. The van der Waals surface area contributed by atoms with Crippen molar-refractivity contribution in [2.75, 3.05) is 45.2 Å². The molecule has 0 aliphatic carbocycles. The molecule has 126 valence electrons. The Hall–Kier alpha value is -0.290. The lowest BCUT2D eigenvalue weighted by Gasteiger charge is -2.52. The van der Waals surface area contributed by atoms with Gasteiger partial charge >= 0.3 is 0 Å². The third kappa shape index (κ3) is 5.13. The summed E-state index contributed by atoms with van der Waals surface area (Å²) in [5, 5.41) is 31.2. The van der Waals surface area contributed by atoms with E-state index in [0.717, 1.165) is 0 Å². The van der Waals surface area contributed by atoms with Gasteiger partial charge in [0.15, 0.2) is 0 Å². The molecule has 1 rings (SSSR count). The molecule has 1 aliphatic heterocycles. The maximum absolute atomic E-state index is 11.0. The van der Waals surface area contributed by atoms with Gasteiger partial charge in [-0.05, 0) is 19.3 Å². The molecule has 9 heteroatoms. The van der Waals surface area contributed by atoms with E-state index < -0.39 is 21.4 Å². The van der Waals surface area contributed by atoms with Gasteiger partial charge in [0.1, 0.15) is 0 Å². The molecule has 1 saturated heterocycles. The lowest BCUT2D eigenvalue weighted by molar-refractivity contribution is -0.0191. The molecular formula is C12H26N2O6S. The average Bonchev–Trinajstić information content (AvgIpc) is 2.39. The van der Waals surface area contributed by atoms with Crippen LogP contribution in [0.3, 0.4) is 0 Å². The van der Waals surface area contributed by atoms with Gasteiger partial charge in [0, 0.05) is 51.0 Å². The molecule has 0 amide bonds. The van der Waals surface area contributed by atoms with Crippen LogP contribution in [-0.4, -0.2) is 90.0 Å². The first-order valence-corrected chi connectivity index (χ1v) is 8.76. The molecule has 1 unspecified atom stereocenters. The minimum atomic E-state index is -4.07. The smallest absolute Gasteiger partial charge is 0.266 e. The van der Waals surface area contributed by atoms with Crippen LogP contribution < -0.4 is 5.32 Å². The maximum Gasteiger partial charge on any atom is 0.266 e. The second-order valence-electron chi connectivity index (χ2n) is 5.34. The van der Waals surface area contributed by atoms with E-state index in [9.17, 15) is 23.7 Å². The van der Waals surface area contributed by atoms with Crippen LogP contribution in [-0.2, 0) is 10.1 Å². The van der Waals surface area contributed by atoms with E-state index in [1.54, 1.807) is 0 Å². The SMILES string of the molecule is O=S(=O)(O)CCN1CCNC(CCO)C1(CCO)CCO. The molecule has 5 N–H and O–H groups in total. The highest BCUT2D eigenvalue weighted by molar-refractivity contribution is 7.85. The van der Waals surface area contributed by atoms with Crippen molar-refractivity contribution in [2.24, 2.45) is 0 Å². The Morgan fingerprint density at radius 1 is 1.14 bits per heavy atom. The molecule has 0 aromatic carbocycles. The first-order valence-electron chi connectivity index (χ1n) is 7.16. The molecule has 8 nitrogen and oxygen atoms in total. The number of aliphatic hydroxyl groups excluding tert-OH is 3. The number of aliphatic hydroxyl groups is 3. The molecule has 0 aromatic heterocycles. The molecule has 0 bridgehead atoms. The van der Waals surface area contributed by atoms with Crippen molar-refractivity contribution < 1.29 is 28.3 Å². The Morgan fingerprint density at radius 2 is 1.76 bits per heavy atom. The van der Waals surface area contributed by atoms with Crippen LogP contribution in [0.1, 0.15) is 19.3 Å². The standard InChI is InChI=1S/C12H26N2O6S/c15-7-1-11-12(2-8-16,3-9-17)14(5-4-13-11)6-10-21(18,19)20/h11,13,15-17H,1-10H2,(H,18,19,20). The fourth-order valence-electron chi connectivity index (χ4n) is 3.24. The lowest BCUT2D eigenvalue weighted by atomic mass is 9.78. The number of nitrogens with zero attached hydrogens (tertiary/aromatic N) is 1. The zero-order chi connectivity index (χ0) is 15.9. The summed E-state index contributed by atoms with van der Waals surface area (Å²) < 4.78 is 30.9. The molecule has 1 fully saturated rings. The van der Waals surface area contributed by atoms with Gasteiger partial charge < -0.3 is 20.6 Å². The van der Waals surface area contributed by atoms with Crippen LogP contribution >= 0.6 is 0 Å². The van der Waals surface area contributed by atoms with Gasteiger partial charge in [0.25, 0.3) is 10.1 Å². The van der Waals surface area contributed by atoms with E-state index in [4.69, 9.17) is 4.55 Å². The van der Waals surface area contributed by atoms with Crippen molar-refractivity contribution in [3.63, 3.8) is 0 Å². The highest BCUT2D eigenvalue weighted by Gasteiger charge is 2.44. The fraction of sp³-hybridized carbons (Fsp3) is 1.00. The van der Waals surface area contributed by atoms with Crippen LogP contribution in [0, 0.1) is 0 Å². The third-order valence-electron chi connectivity index (χ3n) is 4.18. The highest BCUT2D eigenvalue weighted by Crippen LogP contribution is 2.32. The summed E-state index contributed by atoms with van der Waals surface area (Å²) in [5.41, 5.74) is -0.630. The number of hydrogen-bond acceptors (Lipinski definition) is 7. The van der Waals surface area contributed by atoms with Crippen LogP contribution in [0.4, 0.5) is 0 Å². The van der Waals surface area contributed by atoms with E-state index in [-0.39, 0.29) is 32.4 Å². The topological polar surface area (TPSA) is 130 Å². The zero-order valence-corrected chi connectivity index (χ0v) is 12.9. The first-order chi connectivity index (χ1) is 9.89. The van der Waals surface area contributed by atoms with E-state index in [1.807, 2.05) is 4.90 Å². The van der Waals surface area contributed by atoms with Crippen molar-refractivity contribution in [2.45, 2.75) is 30.8 Å². The average molecular weight is 326 g/mol. The van der Waals surface area contributed by atoms with Gasteiger partial charge in [-0.3, -0.25) is 9.45 Å². The van der Waals surface area contributed by atoms with Gasteiger partial charge in [-0.15, -0.1) is 0 Å². The lowest BCUT2D eigenvalue weighted by Crippen LogP contribution is -2.68. The molecule has 1 aliphatic rings. The van der Waals surface area contributed by atoms with Crippen molar-refractivity contribution in [1.29, 1.82) is 0 Å². The Balaban J connectivity index is 2.98. The second kappa shape index (κ2) is 8.37. The first kappa shape index (κ1) is 18.8. The minimum absolute atomic E-state index is 0.0393. The number of piperazine rings is 1. The summed E-state index contributed by atoms with van der Waals surface area (Å²) in [5.74, 6) is -0.391. The van der Waals surface area contributed by atoms with Crippen molar-refractivity contribution >= 4 is 10.1 Å². The number of hydrogen-bond donors (Lipinski definition) is 5. The summed E-state index contributed by atoms with van der Waals surface area (Å²) in [6.07, 6.45) is 1.16. The second-order valence-corrected chi connectivity index (χ2v) is 6.91. The molecule has 0 saturated carbocycles. The predicted octanol–water partition coefficient (Wildman–Crippen LogP) is -1.97. The third-order valence-corrected chi connectivity index (χ3v) is 4.88. The van der Waals surface area contributed by atoms with Crippen molar-refractivity contribution in [3.8, 4) is 0 Å². The van der Waals surface area contributed by atoms with E-state index in [2.05, 4.69) is 5.32 Å². The normalized spacial score (nSPS) is 23.3. The number of nitrogens with one attached hydrogen (secondary N) is 1. The van der Waals surface area contributed by atoms with Gasteiger partial charge in [0.2, 0.25) is 0 Å². The quantitative estimate of drug-likeness (QED) is 0.309.